The maximum atomic E-state index is 3.59. The van der Waals surface area contributed by atoms with E-state index in [9.17, 15) is 0 Å². The number of likely N-dealkylation sites (N-methyl/N-ethyl adjacent to an activating group) is 1. The Morgan fingerprint density at radius 3 is 1.42 bits per heavy atom. The van der Waals surface area contributed by atoms with Crippen LogP contribution in [0.5, 0.6) is 0 Å². The topological polar surface area (TPSA) is 3.24 Å². The van der Waals surface area contributed by atoms with Crippen LogP contribution in [-0.2, 0) is 52.2 Å². The second-order valence-corrected chi connectivity index (χ2v) is 2.63. The predicted octanol–water partition coefficient (Wildman–Crippen LogP) is 2.21. The third kappa shape index (κ3) is 11.4. The molecule has 0 saturated carbocycles. The van der Waals surface area contributed by atoms with Crippen LogP contribution in [0.3, 0.4) is 0 Å². The number of hydrogen-bond donors (Lipinski definition) is 0. The molecular formula is C9H20NYZn-. The van der Waals surface area contributed by atoms with Crippen molar-refractivity contribution in [3.8, 4) is 0 Å². The number of hydrogen-bond acceptors (Lipinski definition) is 1. The second-order valence-electron chi connectivity index (χ2n) is 2.63. The monoisotopic (exact) mass is 295 g/mol. The van der Waals surface area contributed by atoms with E-state index < -0.39 is 0 Å². The molecule has 0 aliphatic rings. The van der Waals surface area contributed by atoms with E-state index in [2.05, 4.69) is 31.4 Å². The molecule has 1 radical (unpaired) electrons. The van der Waals surface area contributed by atoms with Gasteiger partial charge in [0.1, 0.15) is 0 Å². The van der Waals surface area contributed by atoms with Crippen LogP contribution in [0.25, 0.3) is 0 Å². The molecule has 67 valence electrons. The Morgan fingerprint density at radius 2 is 1.42 bits per heavy atom. The van der Waals surface area contributed by atoms with Crippen molar-refractivity contribution in [1.29, 1.82) is 0 Å². The summed E-state index contributed by atoms with van der Waals surface area (Å²) >= 11 is 0. The summed E-state index contributed by atoms with van der Waals surface area (Å²) in [7, 11) is 4.02. The molecule has 0 spiro atoms. The van der Waals surface area contributed by atoms with Crippen molar-refractivity contribution in [3.63, 3.8) is 0 Å². The average molecular weight is 297 g/mol. The standard InChI is InChI=1S/C7H14N.2CH3.Y.Zn/c1-6-7(2,3)8(4)5;;;;/h1H2,2-5H3;2*1H3;;/q3*-1;;+2. The SMILES string of the molecule is C=[C-]C(C)(C)N(C)C.[CH3-].[CH3-].[Y].[Zn+2]. The Labute approximate surface area is 117 Å². The molecule has 0 fully saturated rings. The quantitative estimate of drug-likeness (QED) is 0.558. The van der Waals surface area contributed by atoms with Crippen LogP contribution in [-0.4, -0.2) is 24.5 Å². The Morgan fingerprint density at radius 1 is 1.17 bits per heavy atom. The van der Waals surface area contributed by atoms with E-state index in [-0.39, 0.29) is 72.6 Å². The Bertz CT molecular complexity index is 92.5. The van der Waals surface area contributed by atoms with Gasteiger partial charge in [0.15, 0.2) is 0 Å². The maximum absolute atomic E-state index is 3.59. The second kappa shape index (κ2) is 12.4. The van der Waals surface area contributed by atoms with Gasteiger partial charge in [-0.25, -0.2) is 0 Å². The molecule has 3 heteroatoms. The largest absolute Gasteiger partial charge is 2.00 e. The van der Waals surface area contributed by atoms with E-state index in [1.165, 1.54) is 0 Å². The molecule has 0 atom stereocenters. The fourth-order valence-electron chi connectivity index (χ4n) is 0.158. The summed E-state index contributed by atoms with van der Waals surface area (Å²) in [4.78, 5) is 2.07. The van der Waals surface area contributed by atoms with Crippen LogP contribution in [0.1, 0.15) is 13.8 Å². The van der Waals surface area contributed by atoms with Gasteiger partial charge in [-0.2, -0.15) is 0 Å². The number of nitrogens with zero attached hydrogens (tertiary/aromatic N) is 1. The molecule has 0 aliphatic heterocycles. The smallest absolute Gasteiger partial charge is 0.483 e. The maximum Gasteiger partial charge on any atom is 2.00 e. The molecular weight excluding hydrogens is 276 g/mol. The molecule has 12 heavy (non-hydrogen) atoms. The minimum atomic E-state index is 0. The third-order valence-electron chi connectivity index (χ3n) is 1.55. The normalized spacial score (nSPS) is 8.08. The fraction of sp³-hybridized carbons (Fsp3) is 0.556. The molecule has 0 aromatic carbocycles. The van der Waals surface area contributed by atoms with Gasteiger partial charge in [0.05, 0.1) is 0 Å². The van der Waals surface area contributed by atoms with Crippen LogP contribution in [0.2, 0.25) is 0 Å². The number of rotatable bonds is 2. The zero-order chi connectivity index (χ0) is 6.78. The van der Waals surface area contributed by atoms with Crippen LogP contribution >= 0.6 is 0 Å². The summed E-state index contributed by atoms with van der Waals surface area (Å²) in [6, 6.07) is 0. The van der Waals surface area contributed by atoms with Gasteiger partial charge < -0.3 is 25.8 Å². The van der Waals surface area contributed by atoms with Crippen molar-refractivity contribution in [2.45, 2.75) is 19.4 Å². The third-order valence-corrected chi connectivity index (χ3v) is 1.55. The summed E-state index contributed by atoms with van der Waals surface area (Å²) in [6.45, 7) is 7.73. The first kappa shape index (κ1) is 29.2. The van der Waals surface area contributed by atoms with E-state index in [0.717, 1.165) is 0 Å². The van der Waals surface area contributed by atoms with Gasteiger partial charge in [0.25, 0.3) is 0 Å². The van der Waals surface area contributed by atoms with E-state index in [0.29, 0.717) is 0 Å². The van der Waals surface area contributed by atoms with E-state index in [1.54, 1.807) is 0 Å². The summed E-state index contributed by atoms with van der Waals surface area (Å²) in [6.07, 6.45) is 2.92. The zero-order valence-electron chi connectivity index (χ0n) is 9.44. The Kier molecular flexibility index (Phi) is 30.2. The summed E-state index contributed by atoms with van der Waals surface area (Å²) < 4.78 is 0. The van der Waals surface area contributed by atoms with Crippen molar-refractivity contribution in [1.82, 2.24) is 4.90 Å². The van der Waals surface area contributed by atoms with Gasteiger partial charge in [0.2, 0.25) is 0 Å². The van der Waals surface area contributed by atoms with Gasteiger partial charge in [-0.05, 0) is 14.1 Å². The first-order valence-electron chi connectivity index (χ1n) is 2.72. The molecule has 0 saturated heterocycles. The van der Waals surface area contributed by atoms with Crippen molar-refractivity contribution >= 4 is 0 Å². The molecule has 0 unspecified atom stereocenters. The van der Waals surface area contributed by atoms with Crippen LogP contribution < -0.4 is 0 Å². The van der Waals surface area contributed by atoms with Crippen molar-refractivity contribution in [3.05, 3.63) is 27.5 Å². The van der Waals surface area contributed by atoms with Crippen LogP contribution in [0, 0.1) is 20.9 Å². The van der Waals surface area contributed by atoms with Crippen LogP contribution in [0.4, 0.5) is 0 Å². The summed E-state index contributed by atoms with van der Waals surface area (Å²) in [5, 5.41) is 0. The van der Waals surface area contributed by atoms with Gasteiger partial charge >= 0.3 is 19.5 Å². The molecule has 0 aromatic heterocycles. The summed E-state index contributed by atoms with van der Waals surface area (Å²) in [5.41, 5.74) is 0.0139. The molecule has 0 N–H and O–H groups in total. The van der Waals surface area contributed by atoms with E-state index in [4.69, 9.17) is 0 Å². The summed E-state index contributed by atoms with van der Waals surface area (Å²) in [5.74, 6) is 0. The molecule has 0 aliphatic carbocycles. The molecule has 0 aromatic rings. The molecule has 0 rings (SSSR count). The molecule has 0 amide bonds. The van der Waals surface area contributed by atoms with Crippen molar-refractivity contribution in [2.24, 2.45) is 0 Å². The molecule has 1 nitrogen and oxygen atoms in total. The first-order chi connectivity index (χ1) is 3.50. The van der Waals surface area contributed by atoms with Gasteiger partial charge in [0, 0.05) is 32.7 Å². The van der Waals surface area contributed by atoms with Crippen LogP contribution in [0.15, 0.2) is 6.58 Å². The first-order valence-corrected chi connectivity index (χ1v) is 2.72. The molecule has 0 bridgehead atoms. The van der Waals surface area contributed by atoms with Crippen molar-refractivity contribution < 1.29 is 52.2 Å². The minimum absolute atomic E-state index is 0. The average Bonchev–Trinajstić information content (AvgIpc) is 1.67. The predicted molar refractivity (Wildman–Crippen MR) is 49.5 cm³/mol. The Hall–Kier alpha value is 1.43. The Balaban J connectivity index is -0.0000000408. The zero-order valence-corrected chi connectivity index (χ0v) is 15.2. The molecule has 0 heterocycles. The van der Waals surface area contributed by atoms with Gasteiger partial charge in [-0.15, -0.1) is 5.54 Å². The van der Waals surface area contributed by atoms with E-state index in [1.807, 2.05) is 14.1 Å². The fourth-order valence-corrected chi connectivity index (χ4v) is 0.158. The van der Waals surface area contributed by atoms with Gasteiger partial charge in [-0.1, -0.05) is 13.8 Å². The van der Waals surface area contributed by atoms with Crippen molar-refractivity contribution in [2.75, 3.05) is 14.1 Å². The van der Waals surface area contributed by atoms with E-state index >= 15 is 0 Å². The van der Waals surface area contributed by atoms with Gasteiger partial charge in [-0.3, -0.25) is 6.58 Å². The minimum Gasteiger partial charge on any atom is -0.483 e.